The molecule has 0 unspecified atom stereocenters. The van der Waals surface area contributed by atoms with Crippen LogP contribution in [0.2, 0.25) is 5.02 Å². The van der Waals surface area contributed by atoms with E-state index in [-0.39, 0.29) is 17.9 Å². The van der Waals surface area contributed by atoms with Gasteiger partial charge < -0.3 is 5.32 Å². The monoisotopic (exact) mass is 443 g/mol. The third-order valence-electron chi connectivity index (χ3n) is 6.61. The first-order valence-corrected chi connectivity index (χ1v) is 11.4. The number of aromatic amines is 1. The molecule has 1 atom stereocenters. The number of carbonyl (C=O) groups excluding carboxylic acids is 2. The number of nitrogens with one attached hydrogen (secondary N) is 3. The molecule has 2 fully saturated rings. The molecule has 3 heterocycles. The molecule has 7 nitrogen and oxygen atoms in total. The van der Waals surface area contributed by atoms with Crippen molar-refractivity contribution in [2.45, 2.75) is 51.6 Å². The lowest BCUT2D eigenvalue weighted by molar-refractivity contribution is -0.127. The standard InChI is InChI=1S/C23H30ClN5O2/c1-15(2)7-10-23(21(30)26-22(31)27-23)18-8-11-29(12-9-18)14-17-13-25-28-20(17)16-3-5-19(24)6-4-16/h3-6,13,15,18H,7-12,14H2,1-2H3,(H,25,28)(H2,26,27,30,31)/t23-/m0/s1. The van der Waals surface area contributed by atoms with Crippen LogP contribution < -0.4 is 10.6 Å². The second kappa shape index (κ2) is 9.01. The van der Waals surface area contributed by atoms with Gasteiger partial charge in [0.25, 0.3) is 5.91 Å². The topological polar surface area (TPSA) is 90.1 Å². The number of benzene rings is 1. The van der Waals surface area contributed by atoms with E-state index in [9.17, 15) is 9.59 Å². The van der Waals surface area contributed by atoms with Gasteiger partial charge in [0.05, 0.1) is 11.9 Å². The average molecular weight is 444 g/mol. The second-order valence-corrected chi connectivity index (χ2v) is 9.58. The van der Waals surface area contributed by atoms with Gasteiger partial charge in [0.1, 0.15) is 5.54 Å². The van der Waals surface area contributed by atoms with Crippen LogP contribution in [-0.2, 0) is 11.3 Å². The number of carbonyl (C=O) groups is 2. The van der Waals surface area contributed by atoms with Crippen LogP contribution in [0, 0.1) is 11.8 Å². The zero-order valence-electron chi connectivity index (χ0n) is 18.1. The van der Waals surface area contributed by atoms with Gasteiger partial charge in [0.15, 0.2) is 0 Å². The van der Waals surface area contributed by atoms with Crippen molar-refractivity contribution >= 4 is 23.5 Å². The second-order valence-electron chi connectivity index (χ2n) is 9.14. The zero-order valence-corrected chi connectivity index (χ0v) is 18.8. The molecule has 2 saturated heterocycles. The summed E-state index contributed by atoms with van der Waals surface area (Å²) in [6.07, 6.45) is 5.23. The maximum absolute atomic E-state index is 12.8. The highest BCUT2D eigenvalue weighted by molar-refractivity contribution is 6.30. The highest BCUT2D eigenvalue weighted by atomic mass is 35.5. The molecule has 3 amide bonds. The Morgan fingerprint density at radius 2 is 1.90 bits per heavy atom. The van der Waals surface area contributed by atoms with Crippen molar-refractivity contribution in [2.24, 2.45) is 11.8 Å². The van der Waals surface area contributed by atoms with Crippen LogP contribution in [0.25, 0.3) is 11.3 Å². The fourth-order valence-electron chi connectivity index (χ4n) is 4.81. The number of hydrogen-bond acceptors (Lipinski definition) is 4. The van der Waals surface area contributed by atoms with Crippen molar-refractivity contribution in [3.8, 4) is 11.3 Å². The largest absolute Gasteiger partial charge is 0.323 e. The van der Waals surface area contributed by atoms with E-state index in [0.717, 1.165) is 55.7 Å². The summed E-state index contributed by atoms with van der Waals surface area (Å²) >= 11 is 6.02. The number of urea groups is 1. The van der Waals surface area contributed by atoms with Crippen LogP contribution >= 0.6 is 11.6 Å². The smallest absolute Gasteiger partial charge is 0.322 e. The minimum Gasteiger partial charge on any atom is -0.323 e. The van der Waals surface area contributed by atoms with Gasteiger partial charge in [-0.3, -0.25) is 20.1 Å². The summed E-state index contributed by atoms with van der Waals surface area (Å²) in [5, 5.41) is 13.5. The average Bonchev–Trinajstić information content (AvgIpc) is 3.31. The van der Waals surface area contributed by atoms with Crippen LogP contribution in [0.3, 0.4) is 0 Å². The van der Waals surface area contributed by atoms with Crippen LogP contribution in [0.4, 0.5) is 4.79 Å². The van der Waals surface area contributed by atoms with Crippen molar-refractivity contribution in [3.05, 3.63) is 41.0 Å². The summed E-state index contributed by atoms with van der Waals surface area (Å²) in [4.78, 5) is 27.1. The first kappa shape index (κ1) is 21.8. The lowest BCUT2D eigenvalue weighted by atomic mass is 9.74. The Bertz CT molecular complexity index is 934. The van der Waals surface area contributed by atoms with Gasteiger partial charge in [-0.2, -0.15) is 5.10 Å². The highest BCUT2D eigenvalue weighted by Gasteiger charge is 2.51. The van der Waals surface area contributed by atoms with E-state index in [1.165, 1.54) is 0 Å². The predicted molar refractivity (Wildman–Crippen MR) is 121 cm³/mol. The molecule has 2 aromatic rings. The molecule has 0 aliphatic carbocycles. The van der Waals surface area contributed by atoms with Gasteiger partial charge in [0, 0.05) is 17.1 Å². The number of halogens is 1. The SMILES string of the molecule is CC(C)CC[C@@]1(C2CCN(Cc3cn[nH]c3-c3ccc(Cl)cc3)CC2)NC(=O)NC1=O. The van der Waals surface area contributed by atoms with Crippen molar-refractivity contribution in [1.82, 2.24) is 25.7 Å². The van der Waals surface area contributed by atoms with Crippen molar-refractivity contribution < 1.29 is 9.59 Å². The molecular weight excluding hydrogens is 414 g/mol. The predicted octanol–water partition coefficient (Wildman–Crippen LogP) is 3.96. The molecule has 1 aromatic carbocycles. The molecule has 8 heteroatoms. The normalized spacial score (nSPS) is 22.7. The van der Waals surface area contributed by atoms with Gasteiger partial charge in [-0.1, -0.05) is 37.6 Å². The summed E-state index contributed by atoms with van der Waals surface area (Å²) in [6.45, 7) is 6.84. The lowest BCUT2D eigenvalue weighted by Crippen LogP contribution is -2.56. The summed E-state index contributed by atoms with van der Waals surface area (Å²) < 4.78 is 0. The Labute approximate surface area is 187 Å². The van der Waals surface area contributed by atoms with Crippen LogP contribution in [0.1, 0.15) is 45.1 Å². The maximum Gasteiger partial charge on any atom is 0.322 e. The molecule has 2 aliphatic rings. The van der Waals surface area contributed by atoms with Gasteiger partial charge in [-0.25, -0.2) is 4.79 Å². The van der Waals surface area contributed by atoms with E-state index < -0.39 is 5.54 Å². The van der Waals surface area contributed by atoms with E-state index in [4.69, 9.17) is 11.6 Å². The number of piperidine rings is 1. The number of rotatable bonds is 7. The van der Waals surface area contributed by atoms with Crippen molar-refractivity contribution in [3.63, 3.8) is 0 Å². The molecular formula is C23H30ClN5O2. The maximum atomic E-state index is 12.8. The number of nitrogens with zero attached hydrogens (tertiary/aromatic N) is 2. The number of aromatic nitrogens is 2. The Morgan fingerprint density at radius 1 is 1.19 bits per heavy atom. The lowest BCUT2D eigenvalue weighted by Gasteiger charge is -2.41. The third kappa shape index (κ3) is 4.62. The van der Waals surface area contributed by atoms with E-state index in [2.05, 4.69) is 39.6 Å². The molecule has 4 rings (SSSR count). The number of H-pyrrole nitrogens is 1. The summed E-state index contributed by atoms with van der Waals surface area (Å²) in [6, 6.07) is 7.38. The van der Waals surface area contributed by atoms with Crippen LogP contribution in [0.15, 0.2) is 30.5 Å². The van der Waals surface area contributed by atoms with E-state index in [1.807, 2.05) is 30.5 Å². The minimum absolute atomic E-state index is 0.147. The first-order valence-electron chi connectivity index (χ1n) is 11.0. The molecule has 1 aromatic heterocycles. The fraction of sp³-hybridized carbons (Fsp3) is 0.522. The van der Waals surface area contributed by atoms with E-state index in [1.54, 1.807) is 0 Å². The first-order chi connectivity index (χ1) is 14.9. The van der Waals surface area contributed by atoms with Crippen molar-refractivity contribution in [2.75, 3.05) is 13.1 Å². The Balaban J connectivity index is 1.42. The quantitative estimate of drug-likeness (QED) is 0.565. The minimum atomic E-state index is -0.766. The molecule has 0 spiro atoms. The Morgan fingerprint density at radius 3 is 2.52 bits per heavy atom. The van der Waals surface area contributed by atoms with Gasteiger partial charge in [0.2, 0.25) is 0 Å². The van der Waals surface area contributed by atoms with Gasteiger partial charge >= 0.3 is 6.03 Å². The zero-order chi connectivity index (χ0) is 22.0. The molecule has 0 saturated carbocycles. The molecule has 31 heavy (non-hydrogen) atoms. The molecule has 2 aliphatic heterocycles. The van der Waals surface area contributed by atoms with E-state index >= 15 is 0 Å². The van der Waals surface area contributed by atoms with Crippen LogP contribution in [-0.4, -0.2) is 45.7 Å². The summed E-state index contributed by atoms with van der Waals surface area (Å²) in [5.41, 5.74) is 2.44. The van der Waals surface area contributed by atoms with Crippen molar-refractivity contribution in [1.29, 1.82) is 0 Å². The van der Waals surface area contributed by atoms with E-state index in [0.29, 0.717) is 17.4 Å². The summed E-state index contributed by atoms with van der Waals surface area (Å²) in [7, 11) is 0. The number of likely N-dealkylation sites (tertiary alicyclic amines) is 1. The summed E-state index contributed by atoms with van der Waals surface area (Å²) in [5.74, 6) is 0.472. The number of imide groups is 1. The molecule has 0 radical (unpaired) electrons. The number of amides is 3. The number of hydrogen-bond donors (Lipinski definition) is 3. The highest BCUT2D eigenvalue weighted by Crippen LogP contribution is 2.36. The Kier molecular flexibility index (Phi) is 6.34. The van der Waals surface area contributed by atoms with Gasteiger partial charge in [-0.05, 0) is 68.3 Å². The molecule has 3 N–H and O–H groups in total. The Hall–Kier alpha value is -2.38. The molecule has 0 bridgehead atoms. The fourth-order valence-corrected chi connectivity index (χ4v) is 4.94. The van der Waals surface area contributed by atoms with Crippen LogP contribution in [0.5, 0.6) is 0 Å². The van der Waals surface area contributed by atoms with Gasteiger partial charge in [-0.15, -0.1) is 0 Å². The molecule has 166 valence electrons. The third-order valence-corrected chi connectivity index (χ3v) is 6.87.